The number of benzene rings is 1. The monoisotopic (exact) mass is 320 g/mol. The van der Waals surface area contributed by atoms with Crippen LogP contribution in [0.3, 0.4) is 0 Å². The molecular formula is C16H24N4O3. The van der Waals surface area contributed by atoms with Gasteiger partial charge in [-0.2, -0.15) is 0 Å². The van der Waals surface area contributed by atoms with Crippen molar-refractivity contribution >= 4 is 23.3 Å². The van der Waals surface area contributed by atoms with Gasteiger partial charge in [0.25, 0.3) is 0 Å². The smallest absolute Gasteiger partial charge is 0.319 e. The summed E-state index contributed by atoms with van der Waals surface area (Å²) >= 11 is 0. The Labute approximate surface area is 136 Å². The molecule has 0 bridgehead atoms. The van der Waals surface area contributed by atoms with E-state index in [0.717, 1.165) is 32.8 Å². The van der Waals surface area contributed by atoms with Crippen LogP contribution in [0.15, 0.2) is 24.3 Å². The number of ether oxygens (including phenoxy) is 1. The van der Waals surface area contributed by atoms with Crippen LogP contribution < -0.4 is 16.0 Å². The molecule has 0 aliphatic carbocycles. The SMILES string of the molecule is CCC(=O)Nc1cccc(NC(=O)NCCN2CCOCC2)c1. The number of morpholine rings is 1. The van der Waals surface area contributed by atoms with E-state index in [1.165, 1.54) is 0 Å². The molecule has 126 valence electrons. The Balaban J connectivity index is 1.73. The van der Waals surface area contributed by atoms with Crippen LogP contribution in [0, 0.1) is 0 Å². The molecule has 0 radical (unpaired) electrons. The number of hydrogen-bond donors (Lipinski definition) is 3. The zero-order valence-corrected chi connectivity index (χ0v) is 13.4. The Morgan fingerprint density at radius 2 is 1.87 bits per heavy atom. The molecule has 23 heavy (non-hydrogen) atoms. The number of carbonyl (C=O) groups is 2. The summed E-state index contributed by atoms with van der Waals surface area (Å²) in [5, 5.41) is 8.36. The Morgan fingerprint density at radius 3 is 2.57 bits per heavy atom. The van der Waals surface area contributed by atoms with Gasteiger partial charge in [0.2, 0.25) is 5.91 Å². The van der Waals surface area contributed by atoms with E-state index in [2.05, 4.69) is 20.9 Å². The molecule has 0 unspecified atom stereocenters. The van der Waals surface area contributed by atoms with Crippen LogP contribution in [-0.4, -0.2) is 56.2 Å². The lowest BCUT2D eigenvalue weighted by molar-refractivity contribution is -0.115. The summed E-state index contributed by atoms with van der Waals surface area (Å²) < 4.78 is 5.28. The van der Waals surface area contributed by atoms with Gasteiger partial charge in [0, 0.05) is 44.0 Å². The van der Waals surface area contributed by atoms with E-state index in [9.17, 15) is 9.59 Å². The van der Waals surface area contributed by atoms with Gasteiger partial charge >= 0.3 is 6.03 Å². The van der Waals surface area contributed by atoms with Crippen LogP contribution >= 0.6 is 0 Å². The zero-order chi connectivity index (χ0) is 16.5. The van der Waals surface area contributed by atoms with Crippen LogP contribution in [0.2, 0.25) is 0 Å². The standard InChI is InChI=1S/C16H24N4O3/c1-2-15(21)18-13-4-3-5-14(12-13)19-16(22)17-6-7-20-8-10-23-11-9-20/h3-5,12H,2,6-11H2,1H3,(H,18,21)(H2,17,19,22). The van der Waals surface area contributed by atoms with Crippen molar-refractivity contribution in [2.75, 3.05) is 50.0 Å². The van der Waals surface area contributed by atoms with E-state index in [0.29, 0.717) is 24.3 Å². The van der Waals surface area contributed by atoms with Crippen molar-refractivity contribution in [1.29, 1.82) is 0 Å². The van der Waals surface area contributed by atoms with E-state index in [1.807, 2.05) is 0 Å². The van der Waals surface area contributed by atoms with Crippen molar-refractivity contribution in [2.45, 2.75) is 13.3 Å². The van der Waals surface area contributed by atoms with E-state index in [-0.39, 0.29) is 11.9 Å². The fourth-order valence-corrected chi connectivity index (χ4v) is 2.25. The molecule has 0 atom stereocenters. The van der Waals surface area contributed by atoms with Gasteiger partial charge in [-0.3, -0.25) is 9.69 Å². The van der Waals surface area contributed by atoms with Crippen molar-refractivity contribution in [3.63, 3.8) is 0 Å². The summed E-state index contributed by atoms with van der Waals surface area (Å²) in [6.07, 6.45) is 0.416. The molecule has 0 aromatic heterocycles. The van der Waals surface area contributed by atoms with Crippen molar-refractivity contribution in [3.05, 3.63) is 24.3 Å². The lowest BCUT2D eigenvalue weighted by Crippen LogP contribution is -2.42. The minimum Gasteiger partial charge on any atom is -0.379 e. The number of nitrogens with one attached hydrogen (secondary N) is 3. The molecule has 2 rings (SSSR count). The molecule has 1 aromatic rings. The first-order valence-electron chi connectivity index (χ1n) is 7.92. The average Bonchev–Trinajstić information content (AvgIpc) is 2.56. The molecule has 7 nitrogen and oxygen atoms in total. The maximum Gasteiger partial charge on any atom is 0.319 e. The van der Waals surface area contributed by atoms with Crippen LogP contribution in [0.4, 0.5) is 16.2 Å². The molecule has 7 heteroatoms. The normalized spacial score (nSPS) is 15.0. The highest BCUT2D eigenvalue weighted by Crippen LogP contribution is 2.15. The number of anilines is 2. The highest BCUT2D eigenvalue weighted by molar-refractivity contribution is 5.93. The van der Waals surface area contributed by atoms with E-state index in [1.54, 1.807) is 31.2 Å². The van der Waals surface area contributed by atoms with Gasteiger partial charge in [0.15, 0.2) is 0 Å². The first-order valence-corrected chi connectivity index (χ1v) is 7.92. The second-order valence-corrected chi connectivity index (χ2v) is 5.32. The topological polar surface area (TPSA) is 82.7 Å². The molecule has 0 spiro atoms. The van der Waals surface area contributed by atoms with Gasteiger partial charge in [0.05, 0.1) is 13.2 Å². The van der Waals surface area contributed by atoms with Gasteiger partial charge in [-0.15, -0.1) is 0 Å². The Bertz CT molecular complexity index is 530. The highest BCUT2D eigenvalue weighted by atomic mass is 16.5. The molecule has 1 aromatic carbocycles. The molecule has 1 aliphatic heterocycles. The lowest BCUT2D eigenvalue weighted by atomic mass is 10.2. The minimum absolute atomic E-state index is 0.0582. The predicted octanol–water partition coefficient (Wildman–Crippen LogP) is 1.49. The van der Waals surface area contributed by atoms with Gasteiger partial charge in [-0.25, -0.2) is 4.79 Å². The number of amides is 3. The predicted molar refractivity (Wildman–Crippen MR) is 89.6 cm³/mol. The quantitative estimate of drug-likeness (QED) is 0.741. The lowest BCUT2D eigenvalue weighted by Gasteiger charge is -2.26. The molecule has 1 fully saturated rings. The minimum atomic E-state index is -0.253. The Kier molecular flexibility index (Phi) is 6.83. The van der Waals surface area contributed by atoms with Gasteiger partial charge in [-0.05, 0) is 18.2 Å². The van der Waals surface area contributed by atoms with Crippen molar-refractivity contribution in [1.82, 2.24) is 10.2 Å². The first kappa shape index (κ1) is 17.2. The fourth-order valence-electron chi connectivity index (χ4n) is 2.25. The van der Waals surface area contributed by atoms with Crippen LogP contribution in [0.5, 0.6) is 0 Å². The maximum atomic E-state index is 11.9. The van der Waals surface area contributed by atoms with Crippen LogP contribution in [0.25, 0.3) is 0 Å². The summed E-state index contributed by atoms with van der Waals surface area (Å²) in [6, 6.07) is 6.83. The summed E-state index contributed by atoms with van der Waals surface area (Å²) in [5.41, 5.74) is 1.31. The van der Waals surface area contributed by atoms with E-state index < -0.39 is 0 Å². The number of rotatable bonds is 6. The number of carbonyl (C=O) groups excluding carboxylic acids is 2. The fraction of sp³-hybridized carbons (Fsp3) is 0.500. The second kappa shape index (κ2) is 9.12. The molecule has 3 amide bonds. The third-order valence-electron chi connectivity index (χ3n) is 3.54. The van der Waals surface area contributed by atoms with Gasteiger partial charge in [0.1, 0.15) is 0 Å². The van der Waals surface area contributed by atoms with Crippen molar-refractivity contribution in [2.24, 2.45) is 0 Å². The van der Waals surface area contributed by atoms with E-state index >= 15 is 0 Å². The number of urea groups is 1. The van der Waals surface area contributed by atoms with Crippen molar-refractivity contribution in [3.8, 4) is 0 Å². The zero-order valence-electron chi connectivity index (χ0n) is 13.4. The van der Waals surface area contributed by atoms with Crippen LogP contribution in [-0.2, 0) is 9.53 Å². The average molecular weight is 320 g/mol. The molecule has 1 heterocycles. The number of hydrogen-bond acceptors (Lipinski definition) is 4. The molecule has 1 aliphatic rings. The molecule has 0 saturated carbocycles. The third-order valence-corrected chi connectivity index (χ3v) is 3.54. The summed E-state index contributed by atoms with van der Waals surface area (Å²) in [5.74, 6) is -0.0582. The Morgan fingerprint density at radius 1 is 1.17 bits per heavy atom. The van der Waals surface area contributed by atoms with Crippen LogP contribution in [0.1, 0.15) is 13.3 Å². The summed E-state index contributed by atoms with van der Waals surface area (Å²) in [6.45, 7) is 6.50. The maximum absolute atomic E-state index is 11.9. The summed E-state index contributed by atoms with van der Waals surface area (Å²) in [4.78, 5) is 25.5. The van der Waals surface area contributed by atoms with Gasteiger partial charge in [-0.1, -0.05) is 13.0 Å². The number of nitrogens with zero attached hydrogens (tertiary/aromatic N) is 1. The van der Waals surface area contributed by atoms with Crippen molar-refractivity contribution < 1.29 is 14.3 Å². The summed E-state index contributed by atoms with van der Waals surface area (Å²) in [7, 11) is 0. The molecule has 3 N–H and O–H groups in total. The van der Waals surface area contributed by atoms with Gasteiger partial charge < -0.3 is 20.7 Å². The highest BCUT2D eigenvalue weighted by Gasteiger charge is 2.10. The third kappa shape index (κ3) is 6.25. The first-order chi connectivity index (χ1) is 11.2. The van der Waals surface area contributed by atoms with E-state index in [4.69, 9.17) is 4.74 Å². The largest absolute Gasteiger partial charge is 0.379 e. The molecule has 1 saturated heterocycles. The second-order valence-electron chi connectivity index (χ2n) is 5.32. The molecular weight excluding hydrogens is 296 g/mol. The Hall–Kier alpha value is -2.12.